The minimum atomic E-state index is -0.926. The molecule has 1 fully saturated rings. The molecule has 0 amide bonds. The van der Waals surface area contributed by atoms with Gasteiger partial charge in [0.15, 0.2) is 0 Å². The van der Waals surface area contributed by atoms with Crippen molar-refractivity contribution in [3.63, 3.8) is 0 Å². The molecule has 0 saturated heterocycles. The van der Waals surface area contributed by atoms with E-state index in [1.165, 1.54) is 12.8 Å². The fourth-order valence-electron chi connectivity index (χ4n) is 3.33. The lowest BCUT2D eigenvalue weighted by Crippen LogP contribution is -2.08. The topological polar surface area (TPSA) is 62.5 Å². The zero-order chi connectivity index (χ0) is 13.6. The van der Waals surface area contributed by atoms with Crippen molar-refractivity contribution in [2.45, 2.75) is 38.6 Å². The maximum atomic E-state index is 11.5. The van der Waals surface area contributed by atoms with E-state index in [0.717, 1.165) is 24.1 Å². The summed E-state index contributed by atoms with van der Waals surface area (Å²) < 4.78 is 2.14. The second-order valence-corrected chi connectivity index (χ2v) is 5.28. The van der Waals surface area contributed by atoms with E-state index in [0.29, 0.717) is 17.0 Å². The van der Waals surface area contributed by atoms with Crippen molar-refractivity contribution in [1.82, 2.24) is 4.57 Å². The summed E-state index contributed by atoms with van der Waals surface area (Å²) in [5.41, 5.74) is 2.03. The van der Waals surface area contributed by atoms with Gasteiger partial charge in [0.2, 0.25) is 0 Å². The van der Waals surface area contributed by atoms with Crippen LogP contribution in [0.2, 0.25) is 0 Å². The van der Waals surface area contributed by atoms with E-state index in [2.05, 4.69) is 4.57 Å². The standard InChI is InChI=1S/C15H17NO3/c1-9-14(15(18)19)12-8-11(17)6-7-13(12)16(9)10-4-2-3-5-10/h6-8,10,17H,2-5H2,1H3,(H,18,19). The van der Waals surface area contributed by atoms with Gasteiger partial charge >= 0.3 is 5.97 Å². The van der Waals surface area contributed by atoms with Gasteiger partial charge in [0.25, 0.3) is 0 Å². The molecule has 0 atom stereocenters. The van der Waals surface area contributed by atoms with Gasteiger partial charge in [-0.3, -0.25) is 0 Å². The minimum absolute atomic E-state index is 0.110. The van der Waals surface area contributed by atoms with Gasteiger partial charge in [-0.25, -0.2) is 4.79 Å². The van der Waals surface area contributed by atoms with Gasteiger partial charge in [0.1, 0.15) is 5.75 Å². The highest BCUT2D eigenvalue weighted by Crippen LogP contribution is 2.37. The summed E-state index contributed by atoms with van der Waals surface area (Å²) >= 11 is 0. The molecular weight excluding hydrogens is 242 g/mol. The van der Waals surface area contributed by atoms with Crippen LogP contribution in [0.4, 0.5) is 0 Å². The minimum Gasteiger partial charge on any atom is -0.508 e. The lowest BCUT2D eigenvalue weighted by atomic mass is 10.1. The molecule has 1 saturated carbocycles. The van der Waals surface area contributed by atoms with Crippen LogP contribution in [-0.2, 0) is 0 Å². The predicted molar refractivity (Wildman–Crippen MR) is 72.8 cm³/mol. The third-order valence-corrected chi connectivity index (χ3v) is 4.14. The Balaban J connectivity index is 2.32. The van der Waals surface area contributed by atoms with Crippen LogP contribution in [0.15, 0.2) is 18.2 Å². The third-order valence-electron chi connectivity index (χ3n) is 4.14. The number of fused-ring (bicyclic) bond motifs is 1. The van der Waals surface area contributed by atoms with E-state index in [9.17, 15) is 15.0 Å². The lowest BCUT2D eigenvalue weighted by Gasteiger charge is -2.16. The molecule has 0 radical (unpaired) electrons. The van der Waals surface area contributed by atoms with Crippen LogP contribution in [0.1, 0.15) is 47.8 Å². The Morgan fingerprint density at radius 2 is 2.00 bits per heavy atom. The van der Waals surface area contributed by atoms with Gasteiger partial charge < -0.3 is 14.8 Å². The molecule has 4 nitrogen and oxygen atoms in total. The van der Waals surface area contributed by atoms with E-state index in [-0.39, 0.29) is 5.75 Å². The van der Waals surface area contributed by atoms with Crippen molar-refractivity contribution in [3.05, 3.63) is 29.5 Å². The summed E-state index contributed by atoms with van der Waals surface area (Å²) in [7, 11) is 0. The van der Waals surface area contributed by atoms with E-state index >= 15 is 0 Å². The van der Waals surface area contributed by atoms with E-state index in [4.69, 9.17) is 0 Å². The Hall–Kier alpha value is -1.97. The quantitative estimate of drug-likeness (QED) is 0.868. The van der Waals surface area contributed by atoms with E-state index in [1.807, 2.05) is 13.0 Å². The number of aromatic nitrogens is 1. The number of carbonyl (C=O) groups is 1. The third kappa shape index (κ3) is 1.79. The average Bonchev–Trinajstić information content (AvgIpc) is 2.93. The van der Waals surface area contributed by atoms with E-state index in [1.54, 1.807) is 12.1 Å². The van der Waals surface area contributed by atoms with Crippen LogP contribution in [0.5, 0.6) is 5.75 Å². The zero-order valence-corrected chi connectivity index (χ0v) is 10.9. The Morgan fingerprint density at radius 1 is 1.32 bits per heavy atom. The molecule has 19 heavy (non-hydrogen) atoms. The molecule has 0 bridgehead atoms. The number of phenolic OH excluding ortho intramolecular Hbond substituents is 1. The van der Waals surface area contributed by atoms with Crippen LogP contribution in [0, 0.1) is 6.92 Å². The fourth-order valence-corrected chi connectivity index (χ4v) is 3.33. The van der Waals surface area contributed by atoms with Gasteiger partial charge in [0.05, 0.1) is 5.56 Å². The molecular formula is C15H17NO3. The summed E-state index contributed by atoms with van der Waals surface area (Å²) in [4.78, 5) is 11.5. The molecule has 3 rings (SSSR count). The molecule has 1 aliphatic rings. The van der Waals surface area contributed by atoms with Crippen molar-refractivity contribution in [1.29, 1.82) is 0 Å². The summed E-state index contributed by atoms with van der Waals surface area (Å²) in [6, 6.07) is 5.39. The maximum absolute atomic E-state index is 11.5. The molecule has 0 unspecified atom stereocenters. The first-order valence-corrected chi connectivity index (χ1v) is 6.66. The second kappa shape index (κ2) is 4.30. The Bertz CT molecular complexity index is 651. The molecule has 4 heteroatoms. The first-order valence-electron chi connectivity index (χ1n) is 6.66. The predicted octanol–water partition coefficient (Wildman–Crippen LogP) is 3.47. The molecule has 1 aliphatic carbocycles. The number of aromatic carboxylic acids is 1. The van der Waals surface area contributed by atoms with Crippen LogP contribution in [-0.4, -0.2) is 20.7 Å². The Kier molecular flexibility index (Phi) is 2.73. The van der Waals surface area contributed by atoms with Crippen molar-refractivity contribution in [2.24, 2.45) is 0 Å². The number of hydrogen-bond donors (Lipinski definition) is 2. The number of carboxylic acids is 1. The van der Waals surface area contributed by atoms with Crippen molar-refractivity contribution in [2.75, 3.05) is 0 Å². The van der Waals surface area contributed by atoms with Gasteiger partial charge in [-0.15, -0.1) is 0 Å². The average molecular weight is 259 g/mol. The molecule has 1 aromatic carbocycles. The van der Waals surface area contributed by atoms with Crippen LogP contribution >= 0.6 is 0 Å². The van der Waals surface area contributed by atoms with Crippen molar-refractivity contribution >= 4 is 16.9 Å². The summed E-state index contributed by atoms with van der Waals surface area (Å²) in [6.07, 6.45) is 4.60. The van der Waals surface area contributed by atoms with Crippen LogP contribution in [0.25, 0.3) is 10.9 Å². The number of rotatable bonds is 2. The molecule has 2 aromatic rings. The lowest BCUT2D eigenvalue weighted by molar-refractivity contribution is 0.0698. The molecule has 2 N–H and O–H groups in total. The highest BCUT2D eigenvalue weighted by molar-refractivity contribution is 6.05. The first kappa shape index (κ1) is 12.1. The first-order chi connectivity index (χ1) is 9.09. The van der Waals surface area contributed by atoms with Crippen LogP contribution < -0.4 is 0 Å². The van der Waals surface area contributed by atoms with Gasteiger partial charge in [-0.1, -0.05) is 12.8 Å². The Labute approximate surface area is 111 Å². The summed E-state index contributed by atoms with van der Waals surface area (Å²) in [5.74, 6) is -0.816. The number of carboxylic acid groups (broad SMARTS) is 1. The van der Waals surface area contributed by atoms with Crippen molar-refractivity contribution < 1.29 is 15.0 Å². The largest absolute Gasteiger partial charge is 0.508 e. The highest BCUT2D eigenvalue weighted by Gasteiger charge is 2.25. The number of hydrogen-bond acceptors (Lipinski definition) is 2. The Morgan fingerprint density at radius 3 is 2.63 bits per heavy atom. The molecule has 1 aromatic heterocycles. The van der Waals surface area contributed by atoms with E-state index < -0.39 is 5.97 Å². The number of nitrogens with zero attached hydrogens (tertiary/aromatic N) is 1. The maximum Gasteiger partial charge on any atom is 0.338 e. The monoisotopic (exact) mass is 259 g/mol. The number of benzene rings is 1. The molecule has 0 spiro atoms. The smallest absolute Gasteiger partial charge is 0.338 e. The highest BCUT2D eigenvalue weighted by atomic mass is 16.4. The van der Waals surface area contributed by atoms with Gasteiger partial charge in [-0.2, -0.15) is 0 Å². The number of phenols is 1. The van der Waals surface area contributed by atoms with Crippen molar-refractivity contribution in [3.8, 4) is 5.75 Å². The van der Waals surface area contributed by atoms with Gasteiger partial charge in [0, 0.05) is 22.6 Å². The fraction of sp³-hybridized carbons (Fsp3) is 0.400. The molecule has 1 heterocycles. The normalized spacial score (nSPS) is 16.3. The molecule has 0 aliphatic heterocycles. The SMILES string of the molecule is Cc1c(C(=O)O)c2cc(O)ccc2n1C1CCCC1. The summed E-state index contributed by atoms with van der Waals surface area (Å²) in [6.45, 7) is 1.86. The number of aromatic hydroxyl groups is 1. The molecule has 100 valence electrons. The summed E-state index contributed by atoms with van der Waals surface area (Å²) in [5, 5.41) is 19.7. The van der Waals surface area contributed by atoms with Gasteiger partial charge in [-0.05, 0) is 38.0 Å². The van der Waals surface area contributed by atoms with Crippen LogP contribution in [0.3, 0.4) is 0 Å². The zero-order valence-electron chi connectivity index (χ0n) is 10.9. The second-order valence-electron chi connectivity index (χ2n) is 5.28.